The second kappa shape index (κ2) is 15.0. The molecule has 0 amide bonds. The third kappa shape index (κ3) is 7.46. The zero-order valence-corrected chi connectivity index (χ0v) is 32.8. The molecule has 0 aromatic rings. The number of halogens is 30. The maximum Gasteiger partial charge on any atom is 0.460 e. The van der Waals surface area contributed by atoms with Gasteiger partial charge in [0.25, 0.3) is 0 Å². The van der Waals surface area contributed by atoms with E-state index in [1.807, 2.05) is 0 Å². The second-order valence-electron chi connectivity index (χ2n) is 13.2. The fraction of sp³-hybridized carbons (Fsp3) is 0.375. The first kappa shape index (κ1) is 52.6. The highest BCUT2D eigenvalue weighted by Crippen LogP contribution is 2.58. The molecule has 0 spiro atoms. The predicted molar refractivity (Wildman–Crippen MR) is 174 cm³/mol. The monoisotopic (exact) mass is 1140 g/mol. The third-order valence-corrected chi connectivity index (χ3v) is 10.2. The number of hydrogen-bond donors (Lipinski definition) is 0. The molecule has 5 rings (SSSR count). The van der Waals surface area contributed by atoms with E-state index in [1.54, 1.807) is 0 Å². The maximum atomic E-state index is 15.8. The van der Waals surface area contributed by atoms with Crippen LogP contribution in [0.1, 0.15) is 0 Å². The lowest BCUT2D eigenvalue weighted by Crippen LogP contribution is -2.54. The van der Waals surface area contributed by atoms with E-state index in [1.165, 1.54) is 0 Å². The minimum Gasteiger partial charge on any atom is -0.248 e. The number of allylic oxidation sites excluding steroid dienone is 12. The van der Waals surface area contributed by atoms with Crippen LogP contribution >= 0.6 is 31.9 Å². The van der Waals surface area contributed by atoms with Crippen molar-refractivity contribution in [1.29, 1.82) is 0 Å². The van der Waals surface area contributed by atoms with Crippen molar-refractivity contribution in [3.8, 4) is 0 Å². The summed E-state index contributed by atoms with van der Waals surface area (Å²) >= 11 is 4.11. The van der Waals surface area contributed by atoms with E-state index in [0.717, 1.165) is 0 Å². The molecule has 0 fully saturated rings. The van der Waals surface area contributed by atoms with E-state index >= 15 is 35.1 Å². The van der Waals surface area contributed by atoms with Gasteiger partial charge in [0.05, 0.1) is 67.9 Å². The van der Waals surface area contributed by atoms with Gasteiger partial charge in [0.2, 0.25) is 0 Å². The summed E-state index contributed by atoms with van der Waals surface area (Å²) in [5.41, 5.74) is -33.1. The normalized spacial score (nSPS) is 20.2. The van der Waals surface area contributed by atoms with E-state index in [0.29, 0.717) is 0 Å². The summed E-state index contributed by atoms with van der Waals surface area (Å²) in [5, 5.41) is 0. The highest BCUT2D eigenvalue weighted by molar-refractivity contribution is 9.12. The van der Waals surface area contributed by atoms with Gasteiger partial charge in [-0.3, -0.25) is 0 Å². The van der Waals surface area contributed by atoms with Crippen LogP contribution in [0.4, 0.5) is 123 Å². The molecule has 4 nitrogen and oxygen atoms in total. The van der Waals surface area contributed by atoms with Gasteiger partial charge in [0.15, 0.2) is 0 Å². The van der Waals surface area contributed by atoms with Gasteiger partial charge in [-0.15, -0.1) is 0 Å². The van der Waals surface area contributed by atoms with Crippen LogP contribution < -0.4 is 0 Å². The summed E-state index contributed by atoms with van der Waals surface area (Å²) in [6.45, 7) is 0. The smallest absolute Gasteiger partial charge is 0.248 e. The molecule has 0 unspecified atom stereocenters. The zero-order chi connectivity index (χ0) is 51.2. The quantitative estimate of drug-likeness (QED) is 0.218. The van der Waals surface area contributed by atoms with Crippen LogP contribution in [0.2, 0.25) is 0 Å². The predicted octanol–water partition coefficient (Wildman–Crippen LogP) is 13.8. The van der Waals surface area contributed by atoms with Gasteiger partial charge in [0, 0.05) is 8.96 Å². The molecule has 34 heteroatoms. The Bertz CT molecular complexity index is 2360. The Morgan fingerprint density at radius 1 is 0.288 bits per heavy atom. The van der Waals surface area contributed by atoms with Gasteiger partial charge in [-0.2, -0.15) is 123 Å². The molecule has 0 aliphatic carbocycles. The molecule has 0 atom stereocenters. The molecule has 0 saturated heterocycles. The van der Waals surface area contributed by atoms with Crippen LogP contribution in [0, 0.1) is 0 Å². The zero-order valence-electron chi connectivity index (χ0n) is 29.6. The van der Waals surface area contributed by atoms with Crippen LogP contribution in [-0.2, 0) is 0 Å². The molecule has 0 radical (unpaired) electrons. The molecule has 0 aromatic heterocycles. The van der Waals surface area contributed by atoms with Crippen molar-refractivity contribution in [2.45, 2.75) is 72.1 Å². The Morgan fingerprint density at radius 2 is 0.515 bits per heavy atom. The highest BCUT2D eigenvalue weighted by Gasteiger charge is 2.79. The van der Waals surface area contributed by atoms with Crippen molar-refractivity contribution in [2.24, 2.45) is 20.0 Å². The van der Waals surface area contributed by atoms with Crippen molar-refractivity contribution in [3.63, 3.8) is 0 Å². The standard InChI is InChI=1S/C32H6Br2F28N4/c33-7-5-13-15(21(35,36)25(43,44)29(51,52)53)9-1-3-11(63-9)17(23(39,40)27(47,48)31(57,58)59)19-8(34)6-14(66-19)16(22(37,38)26(45,46)30(54,55)56)10-2-4-12(64-10)18(20(7)65-13)24(41,42)28(49,50)32(60,61)62/h1-6H. The average Bonchev–Trinajstić information content (AvgIpc) is 3.92. The van der Waals surface area contributed by atoms with Crippen LogP contribution in [0.25, 0.3) is 0 Å². The van der Waals surface area contributed by atoms with E-state index < -0.39 is 185 Å². The number of rotatable bonds is 8. The van der Waals surface area contributed by atoms with Crippen molar-refractivity contribution >= 4 is 54.7 Å². The van der Waals surface area contributed by atoms with Gasteiger partial charge in [-0.25, -0.2) is 20.0 Å². The largest absolute Gasteiger partial charge is 0.460 e. The van der Waals surface area contributed by atoms with Gasteiger partial charge < -0.3 is 0 Å². The van der Waals surface area contributed by atoms with E-state index in [4.69, 9.17) is 0 Å². The van der Waals surface area contributed by atoms with Crippen molar-refractivity contribution in [3.05, 3.63) is 90.5 Å². The van der Waals surface area contributed by atoms with Crippen LogP contribution in [-0.4, -0.2) is 94.9 Å². The number of alkyl halides is 28. The van der Waals surface area contributed by atoms with Gasteiger partial charge in [-0.05, 0) is 68.3 Å². The maximum absolute atomic E-state index is 15.8. The molecule has 364 valence electrons. The first-order chi connectivity index (χ1) is 29.2. The fourth-order valence-electron chi connectivity index (χ4n) is 5.78. The summed E-state index contributed by atoms with van der Waals surface area (Å²) in [6, 6.07) is 0. The SMILES string of the molecule is FC(F)(F)C(F)(F)C(F)(F)C1=C2C=CC(=N2)C(C(F)(F)C(F)(F)C(F)(F)F)=C2N=C(C=C2Br)C(C(F)(F)C(F)(F)C(F)(F)F)=C2C=CC(=N2)C(C(F)(F)C(F)(F)C(F)(F)F)=C2N=C1C=C2Br. The average molecular weight is 1140 g/mol. The molecule has 8 bridgehead atoms. The summed E-state index contributed by atoms with van der Waals surface area (Å²) in [4.78, 5) is 10.6. The molecule has 5 heterocycles. The number of hydrogen-bond acceptors (Lipinski definition) is 4. The summed E-state index contributed by atoms with van der Waals surface area (Å²) < 4.78 is 402. The number of aliphatic imine (C=N–C) groups is 4. The Kier molecular flexibility index (Phi) is 12.0. The Balaban J connectivity index is 2.15. The van der Waals surface area contributed by atoms with Crippen LogP contribution in [0.5, 0.6) is 0 Å². The summed E-state index contributed by atoms with van der Waals surface area (Å²) in [6.07, 6.45) is -33.2. The van der Waals surface area contributed by atoms with E-state index in [-0.39, 0.29) is 0 Å². The van der Waals surface area contributed by atoms with E-state index in [2.05, 4.69) is 51.8 Å². The molecule has 5 aliphatic heterocycles. The van der Waals surface area contributed by atoms with Crippen LogP contribution in [0.15, 0.2) is 110 Å². The Hall–Kier alpha value is -4.40. The number of fused-ring (bicyclic) bond motifs is 4. The van der Waals surface area contributed by atoms with E-state index in [9.17, 15) is 87.8 Å². The molecule has 0 N–H and O–H groups in total. The van der Waals surface area contributed by atoms with Gasteiger partial charge >= 0.3 is 72.1 Å². The van der Waals surface area contributed by atoms with Crippen LogP contribution in [0.3, 0.4) is 0 Å². The molecular formula is C32H6Br2F28N4. The molecule has 0 saturated carbocycles. The Labute approximate surface area is 359 Å². The lowest BCUT2D eigenvalue weighted by atomic mass is 9.95. The fourth-order valence-corrected chi connectivity index (χ4v) is 6.79. The summed E-state index contributed by atoms with van der Waals surface area (Å²) in [5.74, 6) is -58.8. The lowest BCUT2D eigenvalue weighted by Gasteiger charge is -2.31. The van der Waals surface area contributed by atoms with Crippen molar-refractivity contribution < 1.29 is 123 Å². The lowest BCUT2D eigenvalue weighted by molar-refractivity contribution is -0.343. The second-order valence-corrected chi connectivity index (χ2v) is 14.9. The highest BCUT2D eigenvalue weighted by atomic mass is 79.9. The molecule has 0 aromatic carbocycles. The third-order valence-electron chi connectivity index (χ3n) is 8.99. The van der Waals surface area contributed by atoms with Gasteiger partial charge in [0.1, 0.15) is 0 Å². The topological polar surface area (TPSA) is 49.4 Å². The van der Waals surface area contributed by atoms with Crippen molar-refractivity contribution in [2.75, 3.05) is 0 Å². The van der Waals surface area contributed by atoms with Crippen molar-refractivity contribution in [1.82, 2.24) is 0 Å². The minimum absolute atomic E-state index is 0.531. The first-order valence-corrected chi connectivity index (χ1v) is 17.5. The first-order valence-electron chi connectivity index (χ1n) is 15.9. The van der Waals surface area contributed by atoms with Gasteiger partial charge in [-0.1, -0.05) is 0 Å². The molecule has 66 heavy (non-hydrogen) atoms. The summed E-state index contributed by atoms with van der Waals surface area (Å²) in [7, 11) is 0. The molecular weight excluding hydrogens is 1130 g/mol. The molecule has 5 aliphatic rings. The Morgan fingerprint density at radius 3 is 0.742 bits per heavy atom. The number of nitrogens with zero attached hydrogens (tertiary/aromatic N) is 4. The minimum atomic E-state index is -7.57.